The minimum absolute atomic E-state index is 0.249. The Morgan fingerprint density at radius 3 is 2.31 bits per heavy atom. The van der Waals surface area contributed by atoms with Crippen molar-refractivity contribution in [3.05, 3.63) is 65.1 Å². The Morgan fingerprint density at radius 2 is 1.69 bits per heavy atom. The van der Waals surface area contributed by atoms with Crippen molar-refractivity contribution in [1.82, 2.24) is 5.32 Å². The smallest absolute Gasteiger partial charge is 0.275 e. The quantitative estimate of drug-likeness (QED) is 0.810. The molecule has 0 aliphatic carbocycles. The molecule has 0 saturated carbocycles. The molecule has 0 saturated heterocycles. The second-order valence-corrected chi connectivity index (χ2v) is 5.81. The molecule has 1 heterocycles. The van der Waals surface area contributed by atoms with Crippen molar-refractivity contribution < 1.29 is 18.7 Å². The standard InChI is InChI=1S/C20H19FN2O3/c1-25-16-9-14(10-17(12-16)26-2)11-18-20(24)23-19(22-18)8-5-13-3-6-15(21)7-4-13/h3-4,6-7,9-12H,5,8H2,1-2H3,(H,22,23,24)/b18-11+. The van der Waals surface area contributed by atoms with Gasteiger partial charge in [-0.2, -0.15) is 0 Å². The molecule has 0 radical (unpaired) electrons. The van der Waals surface area contributed by atoms with E-state index in [1.165, 1.54) is 12.1 Å². The first-order chi connectivity index (χ1) is 12.6. The monoisotopic (exact) mass is 354 g/mol. The Balaban J connectivity index is 1.75. The van der Waals surface area contributed by atoms with Gasteiger partial charge < -0.3 is 14.8 Å². The van der Waals surface area contributed by atoms with Gasteiger partial charge in [0.2, 0.25) is 0 Å². The summed E-state index contributed by atoms with van der Waals surface area (Å²) in [5.41, 5.74) is 2.07. The van der Waals surface area contributed by atoms with Gasteiger partial charge in [0.1, 0.15) is 28.8 Å². The van der Waals surface area contributed by atoms with Crippen LogP contribution >= 0.6 is 0 Å². The predicted octanol–water partition coefficient (Wildman–Crippen LogP) is 3.34. The van der Waals surface area contributed by atoms with Crippen LogP contribution in [0.25, 0.3) is 6.08 Å². The van der Waals surface area contributed by atoms with Crippen LogP contribution in [0, 0.1) is 5.82 Å². The first-order valence-corrected chi connectivity index (χ1v) is 8.15. The highest BCUT2D eigenvalue weighted by atomic mass is 19.1. The van der Waals surface area contributed by atoms with Gasteiger partial charge in [0, 0.05) is 12.5 Å². The van der Waals surface area contributed by atoms with Crippen molar-refractivity contribution in [2.45, 2.75) is 12.8 Å². The maximum atomic E-state index is 12.9. The molecule has 0 atom stereocenters. The van der Waals surface area contributed by atoms with Crippen molar-refractivity contribution >= 4 is 17.8 Å². The summed E-state index contributed by atoms with van der Waals surface area (Å²) in [6.45, 7) is 0. The van der Waals surface area contributed by atoms with Gasteiger partial charge in [-0.25, -0.2) is 9.38 Å². The molecule has 1 N–H and O–H groups in total. The third-order valence-corrected chi connectivity index (χ3v) is 3.99. The number of hydrogen-bond donors (Lipinski definition) is 1. The molecule has 1 aliphatic heterocycles. The highest BCUT2D eigenvalue weighted by molar-refractivity contribution is 6.14. The number of nitrogens with zero attached hydrogens (tertiary/aromatic N) is 1. The molecule has 134 valence electrons. The third-order valence-electron chi connectivity index (χ3n) is 3.99. The number of aliphatic imine (C=N–C) groups is 1. The van der Waals surface area contributed by atoms with Crippen LogP contribution in [-0.4, -0.2) is 26.0 Å². The number of carbonyl (C=O) groups is 1. The zero-order valence-electron chi connectivity index (χ0n) is 14.6. The lowest BCUT2D eigenvalue weighted by atomic mass is 10.1. The summed E-state index contributed by atoms with van der Waals surface area (Å²) < 4.78 is 23.4. The summed E-state index contributed by atoms with van der Waals surface area (Å²) >= 11 is 0. The van der Waals surface area contributed by atoms with Crippen LogP contribution in [0.1, 0.15) is 17.5 Å². The number of hydrogen-bond acceptors (Lipinski definition) is 4. The van der Waals surface area contributed by atoms with Gasteiger partial charge in [0.25, 0.3) is 5.91 Å². The number of halogens is 1. The van der Waals surface area contributed by atoms with E-state index in [2.05, 4.69) is 10.3 Å². The maximum Gasteiger partial charge on any atom is 0.275 e. The largest absolute Gasteiger partial charge is 0.497 e. The minimum Gasteiger partial charge on any atom is -0.497 e. The molecule has 2 aromatic rings. The molecule has 2 aromatic carbocycles. The lowest BCUT2D eigenvalue weighted by Gasteiger charge is -2.05. The summed E-state index contributed by atoms with van der Waals surface area (Å²) in [4.78, 5) is 16.5. The van der Waals surface area contributed by atoms with Crippen LogP contribution in [0.5, 0.6) is 11.5 Å². The number of amides is 1. The molecule has 1 aliphatic rings. The number of carbonyl (C=O) groups excluding carboxylic acids is 1. The average molecular weight is 354 g/mol. The Labute approximate surface area is 151 Å². The lowest BCUT2D eigenvalue weighted by Crippen LogP contribution is -2.24. The fourth-order valence-corrected chi connectivity index (χ4v) is 2.62. The molecule has 0 fully saturated rings. The molecule has 0 bridgehead atoms. The van der Waals surface area contributed by atoms with Crippen LogP contribution in [0.2, 0.25) is 0 Å². The van der Waals surface area contributed by atoms with Crippen molar-refractivity contribution in [1.29, 1.82) is 0 Å². The zero-order chi connectivity index (χ0) is 18.5. The molecular weight excluding hydrogens is 335 g/mol. The highest BCUT2D eigenvalue weighted by Crippen LogP contribution is 2.25. The normalized spacial score (nSPS) is 15.0. The fourth-order valence-electron chi connectivity index (χ4n) is 2.62. The Bertz CT molecular complexity index is 851. The van der Waals surface area contributed by atoms with Crippen LogP contribution in [0.15, 0.2) is 53.2 Å². The zero-order valence-corrected chi connectivity index (χ0v) is 14.6. The number of benzene rings is 2. The Hall–Kier alpha value is -3.15. The second kappa shape index (κ2) is 7.82. The number of nitrogens with one attached hydrogen (secondary N) is 1. The molecular formula is C20H19FN2O3. The number of methoxy groups -OCH3 is 2. The molecule has 0 spiro atoms. The van der Waals surface area contributed by atoms with Crippen LogP contribution < -0.4 is 14.8 Å². The predicted molar refractivity (Wildman–Crippen MR) is 97.8 cm³/mol. The second-order valence-electron chi connectivity index (χ2n) is 5.81. The SMILES string of the molecule is COc1cc(/C=C2/N=C(CCc3ccc(F)cc3)NC2=O)cc(OC)c1. The summed E-state index contributed by atoms with van der Waals surface area (Å²) in [5, 5.41) is 2.77. The van der Waals surface area contributed by atoms with E-state index >= 15 is 0 Å². The number of ether oxygens (including phenoxy) is 2. The molecule has 0 unspecified atom stereocenters. The van der Waals surface area contributed by atoms with Gasteiger partial charge >= 0.3 is 0 Å². The summed E-state index contributed by atoms with van der Waals surface area (Å²) in [6.07, 6.45) is 2.92. The molecule has 5 nitrogen and oxygen atoms in total. The van der Waals surface area contributed by atoms with E-state index < -0.39 is 0 Å². The molecule has 0 aromatic heterocycles. The highest BCUT2D eigenvalue weighted by Gasteiger charge is 2.19. The first-order valence-electron chi connectivity index (χ1n) is 8.15. The average Bonchev–Trinajstić information content (AvgIpc) is 3.00. The van der Waals surface area contributed by atoms with Gasteiger partial charge in [-0.15, -0.1) is 0 Å². The Kier molecular flexibility index (Phi) is 5.31. The summed E-state index contributed by atoms with van der Waals surface area (Å²) in [7, 11) is 3.14. The minimum atomic E-state index is -0.265. The van der Waals surface area contributed by atoms with Crippen LogP contribution in [0.4, 0.5) is 4.39 Å². The van der Waals surface area contributed by atoms with Gasteiger partial charge in [0.15, 0.2) is 0 Å². The van der Waals surface area contributed by atoms with E-state index in [-0.39, 0.29) is 11.7 Å². The van der Waals surface area contributed by atoms with E-state index in [0.717, 1.165) is 11.1 Å². The lowest BCUT2D eigenvalue weighted by molar-refractivity contribution is -0.115. The van der Waals surface area contributed by atoms with Gasteiger partial charge in [-0.05, 0) is 47.9 Å². The van der Waals surface area contributed by atoms with E-state index in [1.54, 1.807) is 50.6 Å². The molecule has 26 heavy (non-hydrogen) atoms. The van der Waals surface area contributed by atoms with Gasteiger partial charge in [-0.1, -0.05) is 12.1 Å². The van der Waals surface area contributed by atoms with E-state index in [9.17, 15) is 9.18 Å². The number of amidine groups is 1. The van der Waals surface area contributed by atoms with Crippen molar-refractivity contribution in [3.63, 3.8) is 0 Å². The Morgan fingerprint density at radius 1 is 1.04 bits per heavy atom. The number of rotatable bonds is 6. The molecule has 6 heteroatoms. The van der Waals surface area contributed by atoms with Gasteiger partial charge in [0.05, 0.1) is 14.2 Å². The van der Waals surface area contributed by atoms with E-state index in [1.807, 2.05) is 0 Å². The van der Waals surface area contributed by atoms with Crippen LogP contribution in [-0.2, 0) is 11.2 Å². The number of aryl methyl sites for hydroxylation is 1. The van der Waals surface area contributed by atoms with Crippen LogP contribution in [0.3, 0.4) is 0 Å². The summed E-state index contributed by atoms with van der Waals surface area (Å²) in [5.74, 6) is 1.35. The topological polar surface area (TPSA) is 59.9 Å². The van der Waals surface area contributed by atoms with E-state index in [0.29, 0.717) is 35.9 Å². The first kappa shape index (κ1) is 17.7. The molecule has 1 amide bonds. The third kappa shape index (κ3) is 4.27. The molecule has 3 rings (SSSR count). The summed E-state index contributed by atoms with van der Waals surface area (Å²) in [6, 6.07) is 11.7. The van der Waals surface area contributed by atoms with Crippen molar-refractivity contribution in [2.75, 3.05) is 14.2 Å². The maximum absolute atomic E-state index is 12.9. The fraction of sp³-hybridized carbons (Fsp3) is 0.200. The van der Waals surface area contributed by atoms with E-state index in [4.69, 9.17) is 9.47 Å². The van der Waals surface area contributed by atoms with Crippen molar-refractivity contribution in [2.24, 2.45) is 4.99 Å². The van der Waals surface area contributed by atoms with Gasteiger partial charge in [-0.3, -0.25) is 4.79 Å². The van der Waals surface area contributed by atoms with Crippen molar-refractivity contribution in [3.8, 4) is 11.5 Å².